The monoisotopic (exact) mass is 302 g/mol. The van der Waals surface area contributed by atoms with Crippen LogP contribution in [0, 0.1) is 22.9 Å². The molecule has 1 amide bonds. The quantitative estimate of drug-likeness (QED) is 0.643. The predicted molar refractivity (Wildman–Crippen MR) is 80.0 cm³/mol. The first kappa shape index (κ1) is 15.6. The number of nitrogens with zero attached hydrogens (tertiary/aromatic N) is 2. The van der Waals surface area contributed by atoms with E-state index in [1.54, 1.807) is 38.2 Å². The Morgan fingerprint density at radius 3 is 2.45 bits per heavy atom. The Balaban J connectivity index is 2.18. The molecule has 2 rings (SSSR count). The Morgan fingerprint density at radius 2 is 1.86 bits per heavy atom. The topological polar surface area (TPSA) is 63.5 Å². The number of carbonyl (C=O) groups is 1. The summed E-state index contributed by atoms with van der Waals surface area (Å²) >= 11 is 0. The number of hydrogen-bond acceptors (Lipinski definition) is 3. The third kappa shape index (κ3) is 3.46. The number of benzene rings is 2. The van der Waals surface area contributed by atoms with Gasteiger partial charge < -0.3 is 4.90 Å². The molecule has 0 saturated carbocycles. The van der Waals surface area contributed by atoms with Gasteiger partial charge in [-0.2, -0.15) is 0 Å². The second-order valence-corrected chi connectivity index (χ2v) is 5.05. The van der Waals surface area contributed by atoms with Crippen molar-refractivity contribution in [2.75, 3.05) is 7.05 Å². The fourth-order valence-corrected chi connectivity index (χ4v) is 2.09. The highest BCUT2D eigenvalue weighted by Crippen LogP contribution is 2.20. The van der Waals surface area contributed by atoms with Gasteiger partial charge in [0.15, 0.2) is 0 Å². The van der Waals surface area contributed by atoms with Crippen molar-refractivity contribution in [2.24, 2.45) is 0 Å². The number of aryl methyl sites for hydroxylation is 1. The van der Waals surface area contributed by atoms with Gasteiger partial charge in [0, 0.05) is 30.8 Å². The van der Waals surface area contributed by atoms with Gasteiger partial charge in [-0.25, -0.2) is 4.39 Å². The van der Waals surface area contributed by atoms with E-state index >= 15 is 0 Å². The predicted octanol–water partition coefficient (Wildman–Crippen LogP) is 3.31. The molecule has 0 radical (unpaired) electrons. The van der Waals surface area contributed by atoms with E-state index in [4.69, 9.17) is 0 Å². The zero-order valence-corrected chi connectivity index (χ0v) is 12.2. The first-order valence-electron chi connectivity index (χ1n) is 6.63. The molecule has 2 aromatic rings. The van der Waals surface area contributed by atoms with Gasteiger partial charge in [-0.15, -0.1) is 0 Å². The summed E-state index contributed by atoms with van der Waals surface area (Å²) in [6.45, 7) is 1.91. The number of nitro benzene ring substituents is 1. The number of amides is 1. The van der Waals surface area contributed by atoms with Gasteiger partial charge in [0.1, 0.15) is 5.82 Å². The van der Waals surface area contributed by atoms with E-state index in [1.165, 1.54) is 23.1 Å². The van der Waals surface area contributed by atoms with E-state index in [9.17, 15) is 19.3 Å². The summed E-state index contributed by atoms with van der Waals surface area (Å²) in [5.41, 5.74) is 1.45. The number of hydrogen-bond donors (Lipinski definition) is 0. The molecule has 0 spiro atoms. The van der Waals surface area contributed by atoms with Crippen LogP contribution in [0.2, 0.25) is 0 Å². The lowest BCUT2D eigenvalue weighted by Crippen LogP contribution is -2.26. The summed E-state index contributed by atoms with van der Waals surface area (Å²) in [7, 11) is 1.59. The summed E-state index contributed by atoms with van der Waals surface area (Å²) in [4.78, 5) is 24.2. The van der Waals surface area contributed by atoms with Crippen LogP contribution < -0.4 is 0 Å². The normalized spacial score (nSPS) is 10.3. The second kappa shape index (κ2) is 6.34. The number of nitro groups is 1. The fraction of sp³-hybridized carbons (Fsp3) is 0.188. The molecule has 0 aliphatic rings. The molecule has 0 aromatic heterocycles. The molecule has 0 fully saturated rings. The maximum absolute atomic E-state index is 12.9. The Labute approximate surface area is 127 Å². The molecule has 0 unspecified atom stereocenters. The molecule has 6 heteroatoms. The molecule has 0 heterocycles. The zero-order valence-electron chi connectivity index (χ0n) is 12.2. The van der Waals surface area contributed by atoms with Crippen LogP contribution in [0.5, 0.6) is 0 Å². The van der Waals surface area contributed by atoms with Crippen molar-refractivity contribution in [2.45, 2.75) is 13.5 Å². The maximum Gasteiger partial charge on any atom is 0.273 e. The van der Waals surface area contributed by atoms with Crippen LogP contribution in [0.25, 0.3) is 0 Å². The van der Waals surface area contributed by atoms with Gasteiger partial charge >= 0.3 is 0 Å². The van der Waals surface area contributed by atoms with Gasteiger partial charge in [0.25, 0.3) is 11.6 Å². The lowest BCUT2D eigenvalue weighted by Gasteiger charge is -2.17. The van der Waals surface area contributed by atoms with E-state index in [-0.39, 0.29) is 23.0 Å². The summed E-state index contributed by atoms with van der Waals surface area (Å²) < 4.78 is 12.9. The van der Waals surface area contributed by atoms with E-state index in [0.717, 1.165) is 5.56 Å². The van der Waals surface area contributed by atoms with Crippen molar-refractivity contribution in [3.8, 4) is 0 Å². The fourth-order valence-electron chi connectivity index (χ4n) is 2.09. The molecule has 0 aliphatic heterocycles. The zero-order chi connectivity index (χ0) is 16.3. The Morgan fingerprint density at radius 1 is 1.23 bits per heavy atom. The third-order valence-corrected chi connectivity index (χ3v) is 3.33. The molecule has 0 N–H and O–H groups in total. The number of halogens is 1. The largest absolute Gasteiger partial charge is 0.337 e. The number of carbonyl (C=O) groups excluding carboxylic acids is 1. The molecule has 0 aliphatic carbocycles. The molecule has 114 valence electrons. The first-order valence-corrected chi connectivity index (χ1v) is 6.63. The minimum Gasteiger partial charge on any atom is -0.337 e. The molecule has 5 nitrogen and oxygen atoms in total. The average Bonchev–Trinajstić information content (AvgIpc) is 2.49. The highest BCUT2D eigenvalue weighted by Gasteiger charge is 2.17. The van der Waals surface area contributed by atoms with Crippen LogP contribution in [-0.4, -0.2) is 22.8 Å². The van der Waals surface area contributed by atoms with Crippen LogP contribution in [0.4, 0.5) is 10.1 Å². The van der Waals surface area contributed by atoms with Crippen molar-refractivity contribution in [3.05, 3.63) is 75.1 Å². The van der Waals surface area contributed by atoms with Crippen LogP contribution in [-0.2, 0) is 6.54 Å². The van der Waals surface area contributed by atoms with Crippen molar-refractivity contribution in [1.29, 1.82) is 0 Å². The summed E-state index contributed by atoms with van der Waals surface area (Å²) in [5.74, 6) is -0.667. The van der Waals surface area contributed by atoms with Crippen molar-refractivity contribution < 1.29 is 14.1 Å². The molecule has 0 bridgehead atoms. The SMILES string of the molecule is Cc1ccc(C(=O)N(C)Cc2ccc(F)cc2)cc1[N+](=O)[O-]. The van der Waals surface area contributed by atoms with Gasteiger partial charge in [0.2, 0.25) is 0 Å². The molecule has 2 aromatic carbocycles. The Bertz CT molecular complexity index is 714. The lowest BCUT2D eigenvalue weighted by molar-refractivity contribution is -0.385. The molecule has 22 heavy (non-hydrogen) atoms. The van der Waals surface area contributed by atoms with Gasteiger partial charge in [-0.05, 0) is 30.7 Å². The molecular formula is C16H15FN2O3. The maximum atomic E-state index is 12.9. The van der Waals surface area contributed by atoms with Crippen LogP contribution in [0.15, 0.2) is 42.5 Å². The van der Waals surface area contributed by atoms with Crippen LogP contribution in [0.1, 0.15) is 21.5 Å². The van der Waals surface area contributed by atoms with Crippen LogP contribution >= 0.6 is 0 Å². The standard InChI is InChI=1S/C16H15FN2O3/c1-11-3-6-13(9-15(11)19(21)22)16(20)18(2)10-12-4-7-14(17)8-5-12/h3-9H,10H2,1-2H3. The van der Waals surface area contributed by atoms with Crippen molar-refractivity contribution >= 4 is 11.6 Å². The van der Waals surface area contributed by atoms with Crippen molar-refractivity contribution in [3.63, 3.8) is 0 Å². The molecular weight excluding hydrogens is 287 g/mol. The third-order valence-electron chi connectivity index (χ3n) is 3.33. The minimum absolute atomic E-state index is 0.0824. The van der Waals surface area contributed by atoms with Gasteiger partial charge in [0.05, 0.1) is 4.92 Å². The molecule has 0 atom stereocenters. The number of rotatable bonds is 4. The van der Waals surface area contributed by atoms with E-state index < -0.39 is 4.92 Å². The van der Waals surface area contributed by atoms with E-state index in [2.05, 4.69) is 0 Å². The first-order chi connectivity index (χ1) is 10.4. The second-order valence-electron chi connectivity index (χ2n) is 5.05. The average molecular weight is 302 g/mol. The van der Waals surface area contributed by atoms with Crippen LogP contribution in [0.3, 0.4) is 0 Å². The summed E-state index contributed by atoms with van der Waals surface area (Å²) in [5, 5.41) is 10.9. The van der Waals surface area contributed by atoms with E-state index in [1.807, 2.05) is 0 Å². The summed E-state index contributed by atoms with van der Waals surface area (Å²) in [6, 6.07) is 10.2. The lowest BCUT2D eigenvalue weighted by atomic mass is 10.1. The smallest absolute Gasteiger partial charge is 0.273 e. The minimum atomic E-state index is -0.508. The highest BCUT2D eigenvalue weighted by atomic mass is 19.1. The highest BCUT2D eigenvalue weighted by molar-refractivity contribution is 5.94. The Hall–Kier alpha value is -2.76. The van der Waals surface area contributed by atoms with Crippen molar-refractivity contribution in [1.82, 2.24) is 4.90 Å². The van der Waals surface area contributed by atoms with E-state index in [0.29, 0.717) is 12.1 Å². The summed E-state index contributed by atoms with van der Waals surface area (Å²) in [6.07, 6.45) is 0. The van der Waals surface area contributed by atoms with Gasteiger partial charge in [-0.1, -0.05) is 18.2 Å². The Kier molecular flexibility index (Phi) is 4.50. The van der Waals surface area contributed by atoms with Gasteiger partial charge in [-0.3, -0.25) is 14.9 Å². The molecule has 0 saturated heterocycles.